The zero-order chi connectivity index (χ0) is 46.6. The minimum Gasteiger partial charge on any atom is -0.496 e. The molecule has 7 aromatic rings. The topological polar surface area (TPSA) is 131 Å². The Morgan fingerprint density at radius 2 is 1.64 bits per heavy atom. The van der Waals surface area contributed by atoms with Gasteiger partial charge < -0.3 is 33.5 Å². The number of piperazine rings is 1. The number of aromatic nitrogens is 5. The first-order valence-electron chi connectivity index (χ1n) is 22.4. The van der Waals surface area contributed by atoms with Crippen molar-refractivity contribution in [2.24, 2.45) is 0 Å². The Morgan fingerprint density at radius 3 is 2.30 bits per heavy atom. The summed E-state index contributed by atoms with van der Waals surface area (Å²) in [5.74, 6) is 0.437. The number of carbonyl (C=O) groups is 2. The molecular formula is C51H54Cl2N8O5. The molecule has 2 aliphatic heterocycles. The van der Waals surface area contributed by atoms with Gasteiger partial charge >= 0.3 is 5.97 Å². The van der Waals surface area contributed by atoms with Gasteiger partial charge in [-0.3, -0.25) is 14.7 Å². The molecule has 0 unspecified atom stereocenters. The molecule has 15 heteroatoms. The van der Waals surface area contributed by atoms with Gasteiger partial charge in [0.25, 0.3) is 5.91 Å². The van der Waals surface area contributed by atoms with E-state index in [2.05, 4.69) is 33.3 Å². The molecule has 1 fully saturated rings. The molecule has 0 spiro atoms. The van der Waals surface area contributed by atoms with E-state index in [1.54, 1.807) is 28.8 Å². The van der Waals surface area contributed by atoms with Crippen LogP contribution >= 0.6 is 23.2 Å². The summed E-state index contributed by atoms with van der Waals surface area (Å²) in [6, 6.07) is 18.4. The molecule has 0 bridgehead atoms. The molecule has 3 aromatic carbocycles. The first-order chi connectivity index (χ1) is 31.7. The number of likely N-dealkylation sites (N-methyl/N-ethyl adjacent to an activating group) is 1. The fourth-order valence-electron chi connectivity index (χ4n) is 10.0. The predicted molar refractivity (Wildman–Crippen MR) is 260 cm³/mol. The SMILES string of the molecule is COc1cccc2c1c(N1C[C@@H](C)n3c(c(CCCOc4cc(C)c(Cl)c(C)c4)c4ccc(Cl)c(-c5c(C)nc(CN6CCN(C)CC6)nc5C)c43)C1=O)c(C(=O)O)n2Cc1ccccn1. The monoisotopic (exact) mass is 928 g/mol. The fraction of sp³-hybridized carbons (Fsp3) is 0.353. The molecule has 1 amide bonds. The number of anilines is 1. The van der Waals surface area contributed by atoms with Crippen LogP contribution in [0, 0.1) is 27.7 Å². The molecule has 0 aliphatic carbocycles. The van der Waals surface area contributed by atoms with E-state index in [9.17, 15) is 9.90 Å². The molecule has 66 heavy (non-hydrogen) atoms. The van der Waals surface area contributed by atoms with Gasteiger partial charge in [-0.2, -0.15) is 0 Å². The van der Waals surface area contributed by atoms with Gasteiger partial charge in [0.05, 0.1) is 59.6 Å². The van der Waals surface area contributed by atoms with Crippen molar-refractivity contribution in [2.75, 3.05) is 58.4 Å². The summed E-state index contributed by atoms with van der Waals surface area (Å²) in [5.41, 5.74) is 8.68. The van der Waals surface area contributed by atoms with Crippen molar-refractivity contribution in [3.05, 3.63) is 128 Å². The van der Waals surface area contributed by atoms with Crippen LogP contribution in [0.4, 0.5) is 5.69 Å². The molecule has 13 nitrogen and oxygen atoms in total. The minimum atomic E-state index is -1.17. The van der Waals surface area contributed by atoms with Crippen molar-refractivity contribution < 1.29 is 24.2 Å². The van der Waals surface area contributed by atoms with Crippen LogP contribution in [0.15, 0.2) is 66.9 Å². The van der Waals surface area contributed by atoms with Crippen LogP contribution in [-0.4, -0.2) is 104 Å². The second kappa shape index (κ2) is 18.4. The number of fused-ring (bicyclic) bond motifs is 4. The number of carboxylic acid groups (broad SMARTS) is 1. The number of halogens is 2. The Bertz CT molecular complexity index is 2980. The highest BCUT2D eigenvalue weighted by Crippen LogP contribution is 2.47. The zero-order valence-corrected chi connectivity index (χ0v) is 39.9. The van der Waals surface area contributed by atoms with Crippen molar-refractivity contribution in [3.8, 4) is 22.6 Å². The first-order valence-corrected chi connectivity index (χ1v) is 23.2. The maximum atomic E-state index is 15.8. The summed E-state index contributed by atoms with van der Waals surface area (Å²) in [7, 11) is 3.70. The third-order valence-electron chi connectivity index (χ3n) is 13.1. The van der Waals surface area contributed by atoms with E-state index in [1.165, 1.54) is 0 Å². The van der Waals surface area contributed by atoms with Gasteiger partial charge in [0, 0.05) is 77.9 Å². The molecule has 2 aliphatic rings. The summed E-state index contributed by atoms with van der Waals surface area (Å²) in [6.07, 6.45) is 2.74. The third-order valence-corrected chi connectivity index (χ3v) is 14.0. The summed E-state index contributed by atoms with van der Waals surface area (Å²) in [5, 5.41) is 13.8. The highest BCUT2D eigenvalue weighted by atomic mass is 35.5. The van der Waals surface area contributed by atoms with E-state index in [-0.39, 0.29) is 36.4 Å². The molecule has 342 valence electrons. The Labute approximate surface area is 394 Å². The quantitative estimate of drug-likeness (QED) is 0.112. The molecule has 1 N–H and O–H groups in total. The van der Waals surface area contributed by atoms with Gasteiger partial charge in [0.1, 0.15) is 23.0 Å². The number of benzene rings is 3. The molecular weight excluding hydrogens is 876 g/mol. The van der Waals surface area contributed by atoms with E-state index in [0.717, 1.165) is 87.9 Å². The molecule has 6 heterocycles. The molecule has 4 aromatic heterocycles. The van der Waals surface area contributed by atoms with Crippen LogP contribution in [0.3, 0.4) is 0 Å². The number of hydrogen-bond acceptors (Lipinski definition) is 9. The lowest BCUT2D eigenvalue weighted by atomic mass is 9.97. The number of amides is 1. The maximum absolute atomic E-state index is 15.8. The lowest BCUT2D eigenvalue weighted by Gasteiger charge is -2.34. The Kier molecular flexibility index (Phi) is 12.6. The molecule has 1 saturated heterocycles. The van der Waals surface area contributed by atoms with Gasteiger partial charge in [-0.25, -0.2) is 14.8 Å². The van der Waals surface area contributed by atoms with E-state index in [4.69, 9.17) is 42.6 Å². The van der Waals surface area contributed by atoms with E-state index >= 15 is 4.79 Å². The normalized spacial score (nSPS) is 15.8. The summed E-state index contributed by atoms with van der Waals surface area (Å²) in [6.45, 7) is 15.2. The first kappa shape index (κ1) is 45.2. The number of aryl methyl sites for hydroxylation is 5. The predicted octanol–water partition coefficient (Wildman–Crippen LogP) is 9.72. The van der Waals surface area contributed by atoms with Crippen molar-refractivity contribution in [1.29, 1.82) is 0 Å². The van der Waals surface area contributed by atoms with E-state index < -0.39 is 5.97 Å². The number of pyridine rings is 1. The smallest absolute Gasteiger partial charge is 0.354 e. The van der Waals surface area contributed by atoms with Gasteiger partial charge in [0.2, 0.25) is 0 Å². The van der Waals surface area contributed by atoms with Crippen LogP contribution in [0.1, 0.15) is 80.0 Å². The number of ether oxygens (including phenoxy) is 2. The van der Waals surface area contributed by atoms with Crippen LogP contribution in [0.5, 0.6) is 11.5 Å². The lowest BCUT2D eigenvalue weighted by Crippen LogP contribution is -2.44. The summed E-state index contributed by atoms with van der Waals surface area (Å²) < 4.78 is 16.1. The van der Waals surface area contributed by atoms with Crippen LogP contribution in [0.25, 0.3) is 32.9 Å². The zero-order valence-electron chi connectivity index (χ0n) is 38.4. The van der Waals surface area contributed by atoms with Crippen molar-refractivity contribution >= 4 is 62.6 Å². The van der Waals surface area contributed by atoms with Crippen LogP contribution in [0.2, 0.25) is 10.0 Å². The van der Waals surface area contributed by atoms with Gasteiger partial charge in [-0.05, 0) is 114 Å². The lowest BCUT2D eigenvalue weighted by molar-refractivity contribution is 0.0687. The second-order valence-electron chi connectivity index (χ2n) is 17.6. The number of aromatic carboxylic acids is 1. The van der Waals surface area contributed by atoms with Gasteiger partial charge in [-0.1, -0.05) is 41.4 Å². The Hall–Kier alpha value is -5.99. The molecule has 0 saturated carbocycles. The summed E-state index contributed by atoms with van der Waals surface area (Å²) >= 11 is 13.8. The van der Waals surface area contributed by atoms with Crippen molar-refractivity contribution in [3.63, 3.8) is 0 Å². The fourth-order valence-corrected chi connectivity index (χ4v) is 10.4. The van der Waals surface area contributed by atoms with Crippen molar-refractivity contribution in [2.45, 2.75) is 66.6 Å². The minimum absolute atomic E-state index is 0.0300. The summed E-state index contributed by atoms with van der Waals surface area (Å²) in [4.78, 5) is 50.4. The number of hydrogen-bond donors (Lipinski definition) is 1. The van der Waals surface area contributed by atoms with Crippen LogP contribution in [-0.2, 0) is 19.5 Å². The number of carboxylic acids is 1. The average molecular weight is 930 g/mol. The van der Waals surface area contributed by atoms with Crippen molar-refractivity contribution in [1.82, 2.24) is 33.9 Å². The number of nitrogens with zero attached hydrogens (tertiary/aromatic N) is 8. The second-order valence-corrected chi connectivity index (χ2v) is 18.4. The van der Waals surface area contributed by atoms with Crippen LogP contribution < -0.4 is 14.4 Å². The number of methoxy groups -OCH3 is 1. The largest absolute Gasteiger partial charge is 0.496 e. The highest BCUT2D eigenvalue weighted by Gasteiger charge is 2.40. The Morgan fingerprint density at radius 1 is 0.909 bits per heavy atom. The highest BCUT2D eigenvalue weighted by molar-refractivity contribution is 6.35. The van der Waals surface area contributed by atoms with E-state index in [1.807, 2.05) is 82.3 Å². The van der Waals surface area contributed by atoms with Gasteiger partial charge in [-0.15, -0.1) is 0 Å². The van der Waals surface area contributed by atoms with E-state index in [0.29, 0.717) is 64.1 Å². The molecule has 9 rings (SSSR count). The molecule has 1 atom stereocenters. The standard InChI is InChI=1S/C51H54Cl2N8O5/c1-29-24-35(25-30(2)45(29)53)66-23-11-13-36-37-16-17-38(52)43(42-32(4)55-41(56-33(42)5)28-58-21-19-57(6)20-22-58)46(37)61-31(3)26-60(50(62)47(36)61)48-44-39(14-10-15-40(44)65-7)59(49(48)51(63)64)27-34-12-8-9-18-54-34/h8-10,12,14-18,24-25,31H,11,13,19-23,26-28H2,1-7H3,(H,63,64)/t31-/m1/s1. The molecule has 0 radical (unpaired) electrons. The van der Waals surface area contributed by atoms with Gasteiger partial charge in [0.15, 0.2) is 5.69 Å². The Balaban J connectivity index is 1.20. The number of rotatable bonds is 13. The maximum Gasteiger partial charge on any atom is 0.354 e. The third kappa shape index (κ3) is 8.16. The number of carbonyl (C=O) groups excluding carboxylic acids is 1. The average Bonchev–Trinajstić information content (AvgIpc) is 3.80.